The summed E-state index contributed by atoms with van der Waals surface area (Å²) in [6, 6.07) is 8.02. The zero-order valence-corrected chi connectivity index (χ0v) is 21.5. The SMILES string of the molecule is COc1ccc(COC[C@H](C)[C@H](C)/C=C/[C@@H](C)C[C@@H](C)C[C@@H](C)CC(=O)N(C)OC)cc1. The van der Waals surface area contributed by atoms with Crippen molar-refractivity contribution < 1.29 is 19.1 Å². The molecule has 0 aliphatic rings. The van der Waals surface area contributed by atoms with Crippen LogP contribution in [0.15, 0.2) is 36.4 Å². The van der Waals surface area contributed by atoms with E-state index in [1.807, 2.05) is 24.3 Å². The second-order valence-electron chi connectivity index (χ2n) is 9.52. The number of hydrogen-bond acceptors (Lipinski definition) is 4. The van der Waals surface area contributed by atoms with Crippen LogP contribution in [0.5, 0.6) is 5.75 Å². The van der Waals surface area contributed by atoms with Gasteiger partial charge in [0, 0.05) is 13.5 Å². The fourth-order valence-electron chi connectivity index (χ4n) is 3.90. The maximum Gasteiger partial charge on any atom is 0.246 e. The van der Waals surface area contributed by atoms with E-state index in [9.17, 15) is 4.79 Å². The highest BCUT2D eigenvalue weighted by atomic mass is 16.7. The summed E-state index contributed by atoms with van der Waals surface area (Å²) >= 11 is 0. The minimum absolute atomic E-state index is 0.0390. The zero-order valence-electron chi connectivity index (χ0n) is 21.5. The third kappa shape index (κ3) is 11.1. The van der Waals surface area contributed by atoms with E-state index in [-0.39, 0.29) is 5.91 Å². The molecule has 5 atom stereocenters. The molecule has 0 aliphatic carbocycles. The van der Waals surface area contributed by atoms with Crippen LogP contribution in [0.4, 0.5) is 0 Å². The molecule has 0 radical (unpaired) electrons. The summed E-state index contributed by atoms with van der Waals surface area (Å²) in [7, 11) is 4.86. The molecule has 0 unspecified atom stereocenters. The van der Waals surface area contributed by atoms with Gasteiger partial charge in [-0.15, -0.1) is 0 Å². The summed E-state index contributed by atoms with van der Waals surface area (Å²) < 4.78 is 11.1. The zero-order chi connectivity index (χ0) is 24.1. The number of hydrogen-bond donors (Lipinski definition) is 0. The average Bonchev–Trinajstić information content (AvgIpc) is 2.76. The fourth-order valence-corrected chi connectivity index (χ4v) is 3.90. The van der Waals surface area contributed by atoms with Crippen molar-refractivity contribution in [3.05, 3.63) is 42.0 Å². The third-order valence-corrected chi connectivity index (χ3v) is 6.18. The standard InChI is InChI=1S/C27H45NO4/c1-20(15-21(2)16-22(3)17-27(29)28(6)31-8)9-10-23(4)24(5)18-32-19-25-11-13-26(30-7)14-12-25/h9-14,20-24H,15-19H2,1-8H3/b10-9+/t20-,21-,22-,23-,24+/m1/s1. The largest absolute Gasteiger partial charge is 0.497 e. The number of amides is 1. The molecule has 182 valence electrons. The lowest BCUT2D eigenvalue weighted by atomic mass is 9.87. The highest BCUT2D eigenvalue weighted by molar-refractivity contribution is 5.74. The first-order chi connectivity index (χ1) is 15.2. The highest BCUT2D eigenvalue weighted by Gasteiger charge is 2.17. The first-order valence-corrected chi connectivity index (χ1v) is 11.9. The molecule has 5 nitrogen and oxygen atoms in total. The molecule has 0 bridgehead atoms. The number of nitrogens with zero attached hydrogens (tertiary/aromatic N) is 1. The first-order valence-electron chi connectivity index (χ1n) is 11.9. The Kier molecular flexibility index (Phi) is 13.3. The molecule has 1 aromatic rings. The summed E-state index contributed by atoms with van der Waals surface area (Å²) in [6.07, 6.45) is 7.38. The van der Waals surface area contributed by atoms with Crippen LogP contribution in [-0.4, -0.2) is 38.8 Å². The van der Waals surface area contributed by atoms with Crippen molar-refractivity contribution in [1.29, 1.82) is 0 Å². The van der Waals surface area contributed by atoms with E-state index in [0.29, 0.717) is 42.6 Å². The lowest BCUT2D eigenvalue weighted by Gasteiger charge is -2.21. The van der Waals surface area contributed by atoms with E-state index in [1.165, 1.54) is 12.2 Å². The van der Waals surface area contributed by atoms with Crippen LogP contribution in [0.2, 0.25) is 0 Å². The van der Waals surface area contributed by atoms with E-state index in [4.69, 9.17) is 14.3 Å². The van der Waals surface area contributed by atoms with Crippen molar-refractivity contribution in [1.82, 2.24) is 5.06 Å². The number of carbonyl (C=O) groups excluding carboxylic acids is 1. The number of rotatable bonds is 15. The van der Waals surface area contributed by atoms with Crippen LogP contribution in [0.1, 0.15) is 59.4 Å². The van der Waals surface area contributed by atoms with E-state index in [2.05, 4.69) is 46.8 Å². The van der Waals surface area contributed by atoms with Gasteiger partial charge >= 0.3 is 0 Å². The van der Waals surface area contributed by atoms with Crippen LogP contribution < -0.4 is 4.74 Å². The van der Waals surface area contributed by atoms with Gasteiger partial charge in [-0.3, -0.25) is 9.63 Å². The van der Waals surface area contributed by atoms with Crippen molar-refractivity contribution in [2.24, 2.45) is 29.6 Å². The normalized spacial score (nSPS) is 16.4. The van der Waals surface area contributed by atoms with E-state index < -0.39 is 0 Å². The smallest absolute Gasteiger partial charge is 0.246 e. The first kappa shape index (κ1) is 28.2. The van der Waals surface area contributed by atoms with Gasteiger partial charge in [0.05, 0.1) is 27.4 Å². The molecule has 0 spiro atoms. The van der Waals surface area contributed by atoms with Crippen molar-refractivity contribution in [2.45, 2.75) is 60.5 Å². The number of methoxy groups -OCH3 is 1. The lowest BCUT2D eigenvalue weighted by Crippen LogP contribution is -2.27. The molecule has 1 aromatic carbocycles. The van der Waals surface area contributed by atoms with Crippen LogP contribution >= 0.6 is 0 Å². The van der Waals surface area contributed by atoms with E-state index >= 15 is 0 Å². The molecule has 0 aromatic heterocycles. The summed E-state index contributed by atoms with van der Waals surface area (Å²) in [5, 5.41) is 1.32. The summed E-state index contributed by atoms with van der Waals surface area (Å²) in [5.41, 5.74) is 1.16. The molecular weight excluding hydrogens is 402 g/mol. The molecule has 0 saturated heterocycles. The molecule has 0 aliphatic heterocycles. The van der Waals surface area contributed by atoms with E-state index in [0.717, 1.165) is 30.8 Å². The Morgan fingerprint density at radius 3 is 2.22 bits per heavy atom. The minimum Gasteiger partial charge on any atom is -0.497 e. The van der Waals surface area contributed by atoms with Gasteiger partial charge in [0.15, 0.2) is 0 Å². The third-order valence-electron chi connectivity index (χ3n) is 6.18. The number of hydroxylamine groups is 2. The van der Waals surface area contributed by atoms with Crippen LogP contribution in [-0.2, 0) is 21.0 Å². The second kappa shape index (κ2) is 15.1. The summed E-state index contributed by atoms with van der Waals surface area (Å²) in [6.45, 7) is 12.6. The van der Waals surface area contributed by atoms with Crippen molar-refractivity contribution in [3.8, 4) is 5.75 Å². The van der Waals surface area contributed by atoms with Gasteiger partial charge in [0.2, 0.25) is 5.91 Å². The highest BCUT2D eigenvalue weighted by Crippen LogP contribution is 2.24. The number of carbonyl (C=O) groups is 1. The number of benzene rings is 1. The molecule has 0 fully saturated rings. The lowest BCUT2D eigenvalue weighted by molar-refractivity contribution is -0.169. The Hall–Kier alpha value is -1.85. The molecule has 0 heterocycles. The summed E-state index contributed by atoms with van der Waals surface area (Å²) in [4.78, 5) is 17.0. The van der Waals surface area contributed by atoms with Crippen LogP contribution in [0.3, 0.4) is 0 Å². The molecule has 1 amide bonds. The fraction of sp³-hybridized carbons (Fsp3) is 0.667. The molecule has 32 heavy (non-hydrogen) atoms. The molecule has 5 heteroatoms. The molecular formula is C27H45NO4. The maximum absolute atomic E-state index is 12.0. The predicted octanol–water partition coefficient (Wildman–Crippen LogP) is 6.14. The Morgan fingerprint density at radius 2 is 1.62 bits per heavy atom. The molecule has 0 saturated carbocycles. The van der Waals surface area contributed by atoms with E-state index in [1.54, 1.807) is 14.2 Å². The van der Waals surface area contributed by atoms with Crippen molar-refractivity contribution >= 4 is 5.91 Å². The molecule has 0 N–H and O–H groups in total. The predicted molar refractivity (Wildman–Crippen MR) is 131 cm³/mol. The monoisotopic (exact) mass is 447 g/mol. The van der Waals surface area contributed by atoms with Crippen molar-refractivity contribution in [3.63, 3.8) is 0 Å². The maximum atomic E-state index is 12.0. The Labute approximate surface area is 196 Å². The number of ether oxygens (including phenoxy) is 2. The van der Waals surface area contributed by atoms with Gasteiger partial charge in [-0.2, -0.15) is 0 Å². The average molecular weight is 448 g/mol. The topological polar surface area (TPSA) is 48.0 Å². The Morgan fingerprint density at radius 1 is 0.969 bits per heavy atom. The number of allylic oxidation sites excluding steroid dienone is 2. The quantitative estimate of drug-likeness (QED) is 0.239. The molecule has 1 rings (SSSR count). The minimum atomic E-state index is 0.0390. The van der Waals surface area contributed by atoms with Gasteiger partial charge in [-0.25, -0.2) is 5.06 Å². The van der Waals surface area contributed by atoms with Gasteiger partial charge in [0.1, 0.15) is 5.75 Å². The van der Waals surface area contributed by atoms with Gasteiger partial charge in [-0.05, 0) is 60.1 Å². The Bertz CT molecular complexity index is 673. The van der Waals surface area contributed by atoms with Gasteiger partial charge in [0.25, 0.3) is 0 Å². The van der Waals surface area contributed by atoms with Gasteiger partial charge < -0.3 is 9.47 Å². The van der Waals surface area contributed by atoms with Crippen molar-refractivity contribution in [2.75, 3.05) is 27.9 Å². The second-order valence-corrected chi connectivity index (χ2v) is 9.52. The van der Waals surface area contributed by atoms with Gasteiger partial charge in [-0.1, -0.05) is 58.9 Å². The summed E-state index contributed by atoms with van der Waals surface area (Å²) in [5.74, 6) is 3.27. The Balaban J connectivity index is 2.32. The van der Waals surface area contributed by atoms with Crippen LogP contribution in [0.25, 0.3) is 0 Å². The van der Waals surface area contributed by atoms with Crippen LogP contribution in [0, 0.1) is 29.6 Å².